The van der Waals surface area contributed by atoms with Gasteiger partial charge in [0.2, 0.25) is 10.0 Å². The molecule has 2 aromatic carbocycles. The normalized spacial score (nSPS) is 12.4. The van der Waals surface area contributed by atoms with Crippen molar-refractivity contribution in [2.45, 2.75) is 31.2 Å². The molecule has 0 radical (unpaired) electrons. The molecule has 144 valence electrons. The number of carbonyl (C=O) groups excluding carboxylic acids is 1. The van der Waals surface area contributed by atoms with Gasteiger partial charge in [0.25, 0.3) is 11.6 Å². The Bertz CT molecular complexity index is 961. The van der Waals surface area contributed by atoms with E-state index in [0.29, 0.717) is 6.42 Å². The molecule has 0 bridgehead atoms. The van der Waals surface area contributed by atoms with E-state index in [9.17, 15) is 23.3 Å². The Hall–Kier alpha value is -2.49. The number of hydrogen-bond acceptors (Lipinski definition) is 5. The van der Waals surface area contributed by atoms with Crippen molar-refractivity contribution in [3.63, 3.8) is 0 Å². The lowest BCUT2D eigenvalue weighted by atomic mass is 10.2. The van der Waals surface area contributed by atoms with Gasteiger partial charge in [0, 0.05) is 23.4 Å². The van der Waals surface area contributed by atoms with Crippen LogP contribution in [0.15, 0.2) is 47.4 Å². The van der Waals surface area contributed by atoms with Gasteiger partial charge < -0.3 is 5.32 Å². The molecule has 0 aromatic heterocycles. The molecule has 2 aromatic rings. The first-order valence-electron chi connectivity index (χ1n) is 8.01. The minimum absolute atomic E-state index is 0.0404. The maximum atomic E-state index is 12.3. The topological polar surface area (TPSA) is 118 Å². The van der Waals surface area contributed by atoms with E-state index in [-0.39, 0.29) is 32.9 Å². The molecule has 2 rings (SSSR count). The number of benzene rings is 2. The second-order valence-electron chi connectivity index (χ2n) is 5.83. The van der Waals surface area contributed by atoms with E-state index in [0.717, 1.165) is 6.07 Å². The van der Waals surface area contributed by atoms with Crippen LogP contribution in [0.1, 0.15) is 30.6 Å². The lowest BCUT2D eigenvalue weighted by Crippen LogP contribution is -2.32. The van der Waals surface area contributed by atoms with Crippen LogP contribution in [0.2, 0.25) is 5.02 Å². The number of halogens is 1. The van der Waals surface area contributed by atoms with Gasteiger partial charge in [0.1, 0.15) is 5.02 Å². The summed E-state index contributed by atoms with van der Waals surface area (Å²) in [6.45, 7) is 3.62. The van der Waals surface area contributed by atoms with Gasteiger partial charge in [0.05, 0.1) is 9.82 Å². The number of nitro groups is 1. The number of anilines is 1. The second-order valence-corrected chi connectivity index (χ2v) is 7.95. The SMILES string of the molecule is CCC(C)NS(=O)(=O)c1ccc(C(=O)Nc2ccc(Cl)c([N+](=O)[O-])c2)cc1. The van der Waals surface area contributed by atoms with Crippen LogP contribution in [0.5, 0.6) is 0 Å². The third-order valence-electron chi connectivity index (χ3n) is 3.80. The summed E-state index contributed by atoms with van der Waals surface area (Å²) < 4.78 is 27.0. The standard InChI is InChI=1S/C17H18ClN3O5S/c1-3-11(2)20-27(25,26)14-7-4-12(5-8-14)17(22)19-13-6-9-15(18)16(10-13)21(23)24/h4-11,20H,3H2,1-2H3,(H,19,22). The predicted molar refractivity (Wildman–Crippen MR) is 103 cm³/mol. The van der Waals surface area contributed by atoms with Crippen molar-refractivity contribution in [2.75, 3.05) is 5.32 Å². The van der Waals surface area contributed by atoms with Gasteiger partial charge in [-0.1, -0.05) is 18.5 Å². The highest BCUT2D eigenvalue weighted by molar-refractivity contribution is 7.89. The number of nitrogens with zero attached hydrogens (tertiary/aromatic N) is 1. The molecule has 2 N–H and O–H groups in total. The fourth-order valence-corrected chi connectivity index (χ4v) is 3.65. The van der Waals surface area contributed by atoms with E-state index in [1.807, 2.05) is 6.92 Å². The van der Waals surface area contributed by atoms with E-state index in [1.54, 1.807) is 6.92 Å². The lowest BCUT2D eigenvalue weighted by molar-refractivity contribution is -0.384. The van der Waals surface area contributed by atoms with Crippen molar-refractivity contribution >= 4 is 38.9 Å². The minimum Gasteiger partial charge on any atom is -0.322 e. The van der Waals surface area contributed by atoms with Crippen LogP contribution in [-0.4, -0.2) is 25.3 Å². The summed E-state index contributed by atoms with van der Waals surface area (Å²) in [4.78, 5) is 22.6. The van der Waals surface area contributed by atoms with Crippen LogP contribution in [0.3, 0.4) is 0 Å². The molecule has 10 heteroatoms. The smallest absolute Gasteiger partial charge is 0.289 e. The van der Waals surface area contributed by atoms with Gasteiger partial charge in [0.15, 0.2) is 0 Å². The molecule has 0 saturated carbocycles. The number of nitro benzene ring substituents is 1. The summed E-state index contributed by atoms with van der Waals surface area (Å²) in [5, 5.41) is 13.4. The number of sulfonamides is 1. The Kier molecular flexibility index (Phi) is 6.53. The quantitative estimate of drug-likeness (QED) is 0.533. The number of amides is 1. The molecule has 1 unspecified atom stereocenters. The summed E-state index contributed by atoms with van der Waals surface area (Å²) in [6, 6.07) is 9.06. The molecule has 0 fully saturated rings. The number of carbonyl (C=O) groups is 1. The Morgan fingerprint density at radius 1 is 1.22 bits per heavy atom. The molecule has 0 spiro atoms. The molecule has 0 heterocycles. The summed E-state index contributed by atoms with van der Waals surface area (Å²) in [5.74, 6) is -0.537. The largest absolute Gasteiger partial charge is 0.322 e. The first-order valence-corrected chi connectivity index (χ1v) is 9.88. The van der Waals surface area contributed by atoms with E-state index in [2.05, 4.69) is 10.0 Å². The first kappa shape index (κ1) is 20.8. The Morgan fingerprint density at radius 3 is 2.41 bits per heavy atom. The van der Waals surface area contributed by atoms with E-state index in [1.165, 1.54) is 36.4 Å². The fourth-order valence-electron chi connectivity index (χ4n) is 2.14. The van der Waals surface area contributed by atoms with Gasteiger partial charge in [-0.2, -0.15) is 0 Å². The van der Waals surface area contributed by atoms with Crippen LogP contribution in [0.4, 0.5) is 11.4 Å². The molecule has 0 aliphatic heterocycles. The average molecular weight is 412 g/mol. The molecule has 0 aliphatic rings. The predicted octanol–water partition coefficient (Wildman–Crippen LogP) is 3.58. The third kappa shape index (κ3) is 5.25. The highest BCUT2D eigenvalue weighted by Gasteiger charge is 2.18. The van der Waals surface area contributed by atoms with Gasteiger partial charge in [-0.3, -0.25) is 14.9 Å². The fraction of sp³-hybridized carbons (Fsp3) is 0.235. The maximum Gasteiger partial charge on any atom is 0.289 e. The monoisotopic (exact) mass is 411 g/mol. The van der Waals surface area contributed by atoms with Crippen molar-refractivity contribution in [3.8, 4) is 0 Å². The van der Waals surface area contributed by atoms with Crippen molar-refractivity contribution in [1.29, 1.82) is 0 Å². The molecule has 0 saturated heterocycles. The molecule has 1 atom stereocenters. The Morgan fingerprint density at radius 2 is 1.85 bits per heavy atom. The number of hydrogen-bond donors (Lipinski definition) is 2. The zero-order valence-corrected chi connectivity index (χ0v) is 16.2. The van der Waals surface area contributed by atoms with Crippen molar-refractivity contribution < 1.29 is 18.1 Å². The van der Waals surface area contributed by atoms with Crippen LogP contribution in [-0.2, 0) is 10.0 Å². The first-order chi connectivity index (χ1) is 12.6. The summed E-state index contributed by atoms with van der Waals surface area (Å²) in [6.07, 6.45) is 0.646. The lowest BCUT2D eigenvalue weighted by Gasteiger charge is -2.12. The zero-order valence-electron chi connectivity index (χ0n) is 14.6. The van der Waals surface area contributed by atoms with Crippen molar-refractivity contribution in [2.24, 2.45) is 0 Å². The third-order valence-corrected chi connectivity index (χ3v) is 5.72. The average Bonchev–Trinajstić information content (AvgIpc) is 2.62. The molecule has 1 amide bonds. The van der Waals surface area contributed by atoms with Gasteiger partial charge in [-0.05, 0) is 49.7 Å². The Balaban J connectivity index is 2.17. The molecule has 27 heavy (non-hydrogen) atoms. The van der Waals surface area contributed by atoms with Crippen LogP contribution in [0, 0.1) is 10.1 Å². The Labute approximate surface area is 161 Å². The van der Waals surface area contributed by atoms with Crippen molar-refractivity contribution in [1.82, 2.24) is 4.72 Å². The van der Waals surface area contributed by atoms with E-state index < -0.39 is 20.9 Å². The molecule has 0 aliphatic carbocycles. The number of nitrogens with one attached hydrogen (secondary N) is 2. The maximum absolute atomic E-state index is 12.3. The summed E-state index contributed by atoms with van der Waals surface area (Å²) in [5.41, 5.74) is 0.0772. The zero-order chi connectivity index (χ0) is 20.2. The highest BCUT2D eigenvalue weighted by atomic mass is 35.5. The number of rotatable bonds is 7. The van der Waals surface area contributed by atoms with Crippen molar-refractivity contribution in [3.05, 3.63) is 63.2 Å². The van der Waals surface area contributed by atoms with Gasteiger partial charge in [-0.15, -0.1) is 0 Å². The second kappa shape index (κ2) is 8.47. The van der Waals surface area contributed by atoms with E-state index >= 15 is 0 Å². The van der Waals surface area contributed by atoms with Crippen LogP contribution in [0.25, 0.3) is 0 Å². The molecular formula is C17H18ClN3O5S. The summed E-state index contributed by atoms with van der Waals surface area (Å²) in [7, 11) is -3.66. The van der Waals surface area contributed by atoms with E-state index in [4.69, 9.17) is 11.6 Å². The van der Waals surface area contributed by atoms with Crippen LogP contribution >= 0.6 is 11.6 Å². The highest BCUT2D eigenvalue weighted by Crippen LogP contribution is 2.27. The van der Waals surface area contributed by atoms with Gasteiger partial charge in [-0.25, -0.2) is 13.1 Å². The summed E-state index contributed by atoms with van der Waals surface area (Å²) >= 11 is 5.73. The minimum atomic E-state index is -3.66. The van der Waals surface area contributed by atoms with Crippen LogP contribution < -0.4 is 10.0 Å². The molecular weight excluding hydrogens is 394 g/mol. The van der Waals surface area contributed by atoms with Gasteiger partial charge >= 0.3 is 0 Å². The molecule has 8 nitrogen and oxygen atoms in total.